The van der Waals surface area contributed by atoms with Crippen LogP contribution in [0.5, 0.6) is 0 Å². The van der Waals surface area contributed by atoms with Gasteiger partial charge < -0.3 is 0 Å². The number of hydroxylamine groups is 1. The van der Waals surface area contributed by atoms with Crippen molar-refractivity contribution in [3.8, 4) is 0 Å². The zero-order valence-corrected chi connectivity index (χ0v) is 17.1. The number of hydrogen-bond acceptors (Lipinski definition) is 4. The van der Waals surface area contributed by atoms with Gasteiger partial charge in [0.15, 0.2) is 0 Å². The lowest BCUT2D eigenvalue weighted by Crippen LogP contribution is -2.49. The SMILES string of the molecule is CC(C)C(NS(=O)(=O)c1ccc2ccccc2c1)C(=O)NOCc1ccccc1. The van der Waals surface area contributed by atoms with Crippen molar-refractivity contribution in [2.45, 2.75) is 31.4 Å². The average molecular weight is 413 g/mol. The molecule has 0 saturated carbocycles. The van der Waals surface area contributed by atoms with E-state index in [1.54, 1.807) is 26.0 Å². The third-order valence-electron chi connectivity index (χ3n) is 4.52. The second-order valence-corrected chi connectivity index (χ2v) is 8.81. The molecular weight excluding hydrogens is 388 g/mol. The van der Waals surface area contributed by atoms with Crippen LogP contribution in [-0.4, -0.2) is 20.4 Å². The van der Waals surface area contributed by atoms with E-state index in [9.17, 15) is 13.2 Å². The summed E-state index contributed by atoms with van der Waals surface area (Å²) >= 11 is 0. The largest absolute Gasteiger partial charge is 0.271 e. The van der Waals surface area contributed by atoms with Crippen LogP contribution in [0.4, 0.5) is 0 Å². The Morgan fingerprint density at radius 1 is 0.931 bits per heavy atom. The summed E-state index contributed by atoms with van der Waals surface area (Å²) in [5.74, 6) is -0.814. The van der Waals surface area contributed by atoms with E-state index in [0.29, 0.717) is 0 Å². The van der Waals surface area contributed by atoms with Gasteiger partial charge in [0.05, 0.1) is 11.5 Å². The van der Waals surface area contributed by atoms with Crippen LogP contribution in [0.15, 0.2) is 77.7 Å². The Kier molecular flexibility index (Phi) is 6.64. The first-order chi connectivity index (χ1) is 13.9. The van der Waals surface area contributed by atoms with Crippen LogP contribution in [-0.2, 0) is 26.3 Å². The number of carbonyl (C=O) groups excluding carboxylic acids is 1. The number of carbonyl (C=O) groups is 1. The second-order valence-electron chi connectivity index (χ2n) is 7.09. The van der Waals surface area contributed by atoms with Gasteiger partial charge in [0.2, 0.25) is 10.0 Å². The molecule has 0 heterocycles. The maximum atomic E-state index is 12.9. The minimum atomic E-state index is -3.88. The first-order valence-corrected chi connectivity index (χ1v) is 10.8. The second kappa shape index (κ2) is 9.17. The fraction of sp³-hybridized carbons (Fsp3) is 0.227. The van der Waals surface area contributed by atoms with E-state index in [-0.39, 0.29) is 17.4 Å². The summed E-state index contributed by atoms with van der Waals surface area (Å²) in [6.07, 6.45) is 0. The van der Waals surface area contributed by atoms with E-state index >= 15 is 0 Å². The highest BCUT2D eigenvalue weighted by molar-refractivity contribution is 7.89. The molecule has 0 radical (unpaired) electrons. The number of amides is 1. The van der Waals surface area contributed by atoms with Gasteiger partial charge in [-0.15, -0.1) is 0 Å². The monoisotopic (exact) mass is 412 g/mol. The molecule has 0 fully saturated rings. The van der Waals surface area contributed by atoms with Crippen LogP contribution in [0, 0.1) is 5.92 Å². The van der Waals surface area contributed by atoms with Crippen molar-refractivity contribution in [1.29, 1.82) is 0 Å². The summed E-state index contributed by atoms with van der Waals surface area (Å²) in [4.78, 5) is 17.9. The highest BCUT2D eigenvalue weighted by Crippen LogP contribution is 2.19. The number of fused-ring (bicyclic) bond motifs is 1. The summed E-state index contributed by atoms with van der Waals surface area (Å²) in [5.41, 5.74) is 3.24. The lowest BCUT2D eigenvalue weighted by Gasteiger charge is -2.21. The zero-order chi connectivity index (χ0) is 20.9. The lowest BCUT2D eigenvalue weighted by atomic mass is 10.1. The number of sulfonamides is 1. The third-order valence-corrected chi connectivity index (χ3v) is 5.96. The Bertz CT molecular complexity index is 1080. The van der Waals surface area contributed by atoms with Crippen LogP contribution in [0.2, 0.25) is 0 Å². The van der Waals surface area contributed by atoms with E-state index in [1.807, 2.05) is 54.6 Å². The average Bonchev–Trinajstić information content (AvgIpc) is 2.72. The molecule has 2 N–H and O–H groups in total. The molecule has 152 valence electrons. The molecule has 0 saturated heterocycles. The molecule has 1 atom stereocenters. The van der Waals surface area contributed by atoms with E-state index in [2.05, 4.69) is 10.2 Å². The lowest BCUT2D eigenvalue weighted by molar-refractivity contribution is -0.137. The number of hydrogen-bond donors (Lipinski definition) is 2. The fourth-order valence-corrected chi connectivity index (χ4v) is 4.27. The summed E-state index contributed by atoms with van der Waals surface area (Å²) < 4.78 is 28.2. The molecule has 6 nitrogen and oxygen atoms in total. The first-order valence-electron chi connectivity index (χ1n) is 9.33. The number of benzene rings is 3. The van der Waals surface area contributed by atoms with E-state index in [4.69, 9.17) is 4.84 Å². The van der Waals surface area contributed by atoms with Crippen molar-refractivity contribution < 1.29 is 18.0 Å². The molecule has 7 heteroatoms. The summed E-state index contributed by atoms with van der Waals surface area (Å²) in [5, 5.41) is 1.76. The van der Waals surface area contributed by atoms with Crippen LogP contribution in [0.3, 0.4) is 0 Å². The van der Waals surface area contributed by atoms with Crippen molar-refractivity contribution in [3.63, 3.8) is 0 Å². The van der Waals surface area contributed by atoms with Gasteiger partial charge in [-0.1, -0.05) is 74.5 Å². The van der Waals surface area contributed by atoms with Gasteiger partial charge in [-0.05, 0) is 34.4 Å². The van der Waals surface area contributed by atoms with Crippen molar-refractivity contribution in [2.75, 3.05) is 0 Å². The fourth-order valence-electron chi connectivity index (χ4n) is 2.89. The Morgan fingerprint density at radius 3 is 2.28 bits per heavy atom. The molecule has 29 heavy (non-hydrogen) atoms. The smallest absolute Gasteiger partial charge is 0.261 e. The van der Waals surface area contributed by atoms with Crippen LogP contribution >= 0.6 is 0 Å². The standard InChI is InChI=1S/C22H24N2O4S/c1-16(2)21(22(25)23-28-15-17-8-4-3-5-9-17)24-29(26,27)20-13-12-18-10-6-7-11-19(18)14-20/h3-14,16,21,24H,15H2,1-2H3,(H,23,25). The number of nitrogens with one attached hydrogen (secondary N) is 2. The summed E-state index contributed by atoms with van der Waals surface area (Å²) in [6, 6.07) is 20.8. The Balaban J connectivity index is 1.70. The predicted molar refractivity (Wildman–Crippen MR) is 112 cm³/mol. The van der Waals surface area contributed by atoms with Gasteiger partial charge in [-0.25, -0.2) is 13.9 Å². The molecule has 1 unspecified atom stereocenters. The van der Waals surface area contributed by atoms with Gasteiger partial charge in [0, 0.05) is 0 Å². The van der Waals surface area contributed by atoms with E-state index in [0.717, 1.165) is 16.3 Å². The summed E-state index contributed by atoms with van der Waals surface area (Å²) in [7, 11) is -3.88. The molecule has 0 spiro atoms. The van der Waals surface area contributed by atoms with Crippen LogP contribution in [0.25, 0.3) is 10.8 Å². The molecule has 0 aliphatic carbocycles. The zero-order valence-electron chi connectivity index (χ0n) is 16.3. The van der Waals surface area contributed by atoms with Gasteiger partial charge in [-0.2, -0.15) is 4.72 Å². The molecule has 0 aliphatic heterocycles. The minimum Gasteiger partial charge on any atom is -0.271 e. The first kappa shape index (κ1) is 21.0. The highest BCUT2D eigenvalue weighted by atomic mass is 32.2. The Morgan fingerprint density at radius 2 is 1.59 bits per heavy atom. The van der Waals surface area contributed by atoms with Crippen molar-refractivity contribution in [3.05, 3.63) is 78.4 Å². The molecule has 0 bridgehead atoms. The van der Waals surface area contributed by atoms with Crippen molar-refractivity contribution in [2.24, 2.45) is 5.92 Å². The molecule has 3 rings (SSSR count). The van der Waals surface area contributed by atoms with Crippen molar-refractivity contribution in [1.82, 2.24) is 10.2 Å². The topological polar surface area (TPSA) is 84.5 Å². The molecule has 3 aromatic rings. The molecule has 3 aromatic carbocycles. The van der Waals surface area contributed by atoms with Gasteiger partial charge >= 0.3 is 0 Å². The third kappa shape index (κ3) is 5.41. The highest BCUT2D eigenvalue weighted by Gasteiger charge is 2.28. The summed E-state index contributed by atoms with van der Waals surface area (Å²) in [6.45, 7) is 3.73. The predicted octanol–water partition coefficient (Wildman–Crippen LogP) is 3.39. The normalized spacial score (nSPS) is 12.8. The molecule has 0 aromatic heterocycles. The van der Waals surface area contributed by atoms with Crippen LogP contribution < -0.4 is 10.2 Å². The van der Waals surface area contributed by atoms with Crippen molar-refractivity contribution >= 4 is 26.7 Å². The molecular formula is C22H24N2O4S. The maximum Gasteiger partial charge on any atom is 0.261 e. The quantitative estimate of drug-likeness (QED) is 0.556. The van der Waals surface area contributed by atoms with E-state index in [1.165, 1.54) is 6.07 Å². The number of rotatable bonds is 8. The molecule has 0 aliphatic rings. The van der Waals surface area contributed by atoms with Gasteiger partial charge in [0.1, 0.15) is 6.04 Å². The minimum absolute atomic E-state index is 0.111. The van der Waals surface area contributed by atoms with Gasteiger partial charge in [0.25, 0.3) is 5.91 Å². The maximum absolute atomic E-state index is 12.9. The van der Waals surface area contributed by atoms with Gasteiger partial charge in [-0.3, -0.25) is 9.63 Å². The van der Waals surface area contributed by atoms with Crippen LogP contribution in [0.1, 0.15) is 19.4 Å². The Labute approximate surface area is 170 Å². The van der Waals surface area contributed by atoms with E-state index < -0.39 is 22.0 Å². The Hall–Kier alpha value is -2.74. The molecule has 1 amide bonds.